The van der Waals surface area contributed by atoms with E-state index in [1.54, 1.807) is 12.1 Å². The van der Waals surface area contributed by atoms with Gasteiger partial charge in [-0.3, -0.25) is 14.5 Å². The van der Waals surface area contributed by atoms with Gasteiger partial charge in [0, 0.05) is 12.6 Å². The van der Waals surface area contributed by atoms with Gasteiger partial charge in [0.1, 0.15) is 5.82 Å². The molecule has 0 radical (unpaired) electrons. The highest BCUT2D eigenvalue weighted by Crippen LogP contribution is 2.20. The molecule has 1 aliphatic rings. The van der Waals surface area contributed by atoms with Gasteiger partial charge in [-0.25, -0.2) is 4.39 Å². The molecular weight excluding hydrogens is 271 g/mol. The number of imide groups is 1. The van der Waals surface area contributed by atoms with Crippen molar-refractivity contribution >= 4 is 11.8 Å². The van der Waals surface area contributed by atoms with Crippen LogP contribution in [0.1, 0.15) is 38.7 Å². The van der Waals surface area contributed by atoms with E-state index in [2.05, 4.69) is 5.32 Å². The lowest BCUT2D eigenvalue weighted by molar-refractivity contribution is -0.141. The number of amides is 2. The fourth-order valence-corrected chi connectivity index (χ4v) is 2.74. The quantitative estimate of drug-likeness (QED) is 0.818. The van der Waals surface area contributed by atoms with Crippen LogP contribution in [0.5, 0.6) is 0 Å². The van der Waals surface area contributed by atoms with Gasteiger partial charge < -0.3 is 5.32 Å². The van der Waals surface area contributed by atoms with E-state index in [0.29, 0.717) is 6.54 Å². The Morgan fingerprint density at radius 2 is 2.05 bits per heavy atom. The van der Waals surface area contributed by atoms with E-state index >= 15 is 0 Å². The number of carbonyl (C=O) groups excluding carboxylic acids is 2. The van der Waals surface area contributed by atoms with Crippen LogP contribution >= 0.6 is 0 Å². The monoisotopic (exact) mass is 292 g/mol. The van der Waals surface area contributed by atoms with Crippen LogP contribution in [0.15, 0.2) is 24.3 Å². The molecule has 0 saturated carbocycles. The number of carbonyl (C=O) groups is 2. The Hall–Kier alpha value is -1.75. The van der Waals surface area contributed by atoms with Crippen LogP contribution in [0.3, 0.4) is 0 Å². The predicted molar refractivity (Wildman–Crippen MR) is 77.9 cm³/mol. The van der Waals surface area contributed by atoms with E-state index in [1.165, 1.54) is 17.0 Å². The van der Waals surface area contributed by atoms with Crippen LogP contribution in [0.4, 0.5) is 4.39 Å². The third-order valence-corrected chi connectivity index (χ3v) is 3.93. The molecule has 1 aromatic rings. The first-order valence-electron chi connectivity index (χ1n) is 7.40. The number of likely N-dealkylation sites (tertiary alicyclic amines) is 1. The lowest BCUT2D eigenvalue weighted by atomic mass is 10.1. The topological polar surface area (TPSA) is 49.4 Å². The summed E-state index contributed by atoms with van der Waals surface area (Å²) in [7, 11) is 0. The van der Waals surface area contributed by atoms with Crippen molar-refractivity contribution in [3.8, 4) is 0 Å². The number of hydrogen-bond acceptors (Lipinski definition) is 3. The summed E-state index contributed by atoms with van der Waals surface area (Å²) < 4.78 is 13.1. The first-order valence-corrected chi connectivity index (χ1v) is 7.40. The van der Waals surface area contributed by atoms with Crippen molar-refractivity contribution in [1.29, 1.82) is 0 Å². The van der Waals surface area contributed by atoms with Crippen molar-refractivity contribution in [3.63, 3.8) is 0 Å². The summed E-state index contributed by atoms with van der Waals surface area (Å²) in [5.74, 6) is -0.586. The van der Waals surface area contributed by atoms with Crippen LogP contribution in [0.25, 0.3) is 0 Å². The molecule has 1 heterocycles. The van der Waals surface area contributed by atoms with Gasteiger partial charge >= 0.3 is 0 Å². The molecule has 0 bridgehead atoms. The molecule has 1 aliphatic heterocycles. The van der Waals surface area contributed by atoms with Crippen molar-refractivity contribution in [2.75, 3.05) is 0 Å². The SMILES string of the molecule is CCC(CC)N1C(=O)CC(NCc2cccc(F)c2)C1=O. The maximum Gasteiger partial charge on any atom is 0.247 e. The molecule has 4 nitrogen and oxygen atoms in total. The van der Waals surface area contributed by atoms with Gasteiger partial charge in [0.05, 0.1) is 12.5 Å². The van der Waals surface area contributed by atoms with Crippen molar-refractivity contribution in [1.82, 2.24) is 10.2 Å². The maximum atomic E-state index is 13.1. The van der Waals surface area contributed by atoms with E-state index in [4.69, 9.17) is 0 Å². The van der Waals surface area contributed by atoms with E-state index in [0.717, 1.165) is 18.4 Å². The minimum atomic E-state index is -0.499. The Kier molecular flexibility index (Phi) is 5.07. The number of rotatable bonds is 6. The number of halogens is 1. The summed E-state index contributed by atoms with van der Waals surface area (Å²) in [4.78, 5) is 25.7. The fourth-order valence-electron chi connectivity index (χ4n) is 2.74. The normalized spacial score (nSPS) is 18.9. The molecule has 0 spiro atoms. The molecular formula is C16H21FN2O2. The molecule has 1 unspecified atom stereocenters. The summed E-state index contributed by atoms with van der Waals surface area (Å²) in [6, 6.07) is 5.70. The molecule has 1 atom stereocenters. The van der Waals surface area contributed by atoms with Gasteiger partial charge in [0.15, 0.2) is 0 Å². The molecule has 1 saturated heterocycles. The van der Waals surface area contributed by atoms with Crippen molar-refractivity contribution in [3.05, 3.63) is 35.6 Å². The first kappa shape index (κ1) is 15.6. The van der Waals surface area contributed by atoms with Gasteiger partial charge in [-0.2, -0.15) is 0 Å². The zero-order valence-electron chi connectivity index (χ0n) is 12.4. The highest BCUT2D eigenvalue weighted by atomic mass is 19.1. The zero-order chi connectivity index (χ0) is 15.4. The van der Waals surface area contributed by atoms with Gasteiger partial charge in [-0.15, -0.1) is 0 Å². The van der Waals surface area contributed by atoms with Crippen LogP contribution in [0, 0.1) is 5.82 Å². The standard InChI is InChI=1S/C16H21FN2O2/c1-3-13(4-2)19-15(20)9-14(16(19)21)18-10-11-6-5-7-12(17)8-11/h5-8,13-14,18H,3-4,9-10H2,1-2H3. The summed E-state index contributed by atoms with van der Waals surface area (Å²) in [6.07, 6.45) is 1.72. The van der Waals surface area contributed by atoms with Gasteiger partial charge in [-0.05, 0) is 30.5 Å². The number of nitrogens with one attached hydrogen (secondary N) is 1. The van der Waals surface area contributed by atoms with E-state index < -0.39 is 6.04 Å². The smallest absolute Gasteiger partial charge is 0.247 e. The summed E-state index contributed by atoms with van der Waals surface area (Å²) in [6.45, 7) is 4.32. The molecule has 5 heteroatoms. The van der Waals surface area contributed by atoms with Crippen molar-refractivity contribution in [2.24, 2.45) is 0 Å². The average molecular weight is 292 g/mol. The summed E-state index contributed by atoms with van der Waals surface area (Å²) in [5.41, 5.74) is 0.760. The second-order valence-corrected chi connectivity index (χ2v) is 5.34. The van der Waals surface area contributed by atoms with E-state index in [1.807, 2.05) is 13.8 Å². The van der Waals surface area contributed by atoms with Gasteiger partial charge in [-0.1, -0.05) is 26.0 Å². The summed E-state index contributed by atoms with van der Waals surface area (Å²) in [5, 5.41) is 3.06. The van der Waals surface area contributed by atoms with E-state index in [9.17, 15) is 14.0 Å². The lowest BCUT2D eigenvalue weighted by Gasteiger charge is -2.24. The molecule has 0 aliphatic carbocycles. The van der Waals surface area contributed by atoms with Crippen molar-refractivity contribution < 1.29 is 14.0 Å². The number of nitrogens with zero attached hydrogens (tertiary/aromatic N) is 1. The Bertz CT molecular complexity index is 529. The minimum Gasteiger partial charge on any atom is -0.301 e. The van der Waals surface area contributed by atoms with E-state index in [-0.39, 0.29) is 30.1 Å². The highest BCUT2D eigenvalue weighted by molar-refractivity contribution is 6.05. The molecule has 114 valence electrons. The second-order valence-electron chi connectivity index (χ2n) is 5.34. The predicted octanol–water partition coefficient (Wildman–Crippen LogP) is 2.23. The first-order chi connectivity index (χ1) is 10.1. The Morgan fingerprint density at radius 3 is 2.67 bits per heavy atom. The molecule has 2 amide bonds. The lowest BCUT2D eigenvalue weighted by Crippen LogP contribution is -2.43. The molecule has 21 heavy (non-hydrogen) atoms. The van der Waals surface area contributed by atoms with Gasteiger partial charge in [0.25, 0.3) is 0 Å². The zero-order valence-corrected chi connectivity index (χ0v) is 12.4. The van der Waals surface area contributed by atoms with Crippen LogP contribution in [0.2, 0.25) is 0 Å². The largest absolute Gasteiger partial charge is 0.301 e. The molecule has 1 N–H and O–H groups in total. The Balaban J connectivity index is 1.99. The van der Waals surface area contributed by atoms with Crippen LogP contribution in [-0.4, -0.2) is 28.8 Å². The third-order valence-electron chi connectivity index (χ3n) is 3.93. The third kappa shape index (κ3) is 3.47. The second kappa shape index (κ2) is 6.80. The number of hydrogen-bond donors (Lipinski definition) is 1. The van der Waals surface area contributed by atoms with Crippen molar-refractivity contribution in [2.45, 2.75) is 51.7 Å². The fraction of sp³-hybridized carbons (Fsp3) is 0.500. The summed E-state index contributed by atoms with van der Waals surface area (Å²) >= 11 is 0. The minimum absolute atomic E-state index is 0.0223. The van der Waals surface area contributed by atoms with Gasteiger partial charge in [0.2, 0.25) is 11.8 Å². The Morgan fingerprint density at radius 1 is 1.33 bits per heavy atom. The van der Waals surface area contributed by atoms with Crippen LogP contribution < -0.4 is 5.32 Å². The van der Waals surface area contributed by atoms with Crippen LogP contribution in [-0.2, 0) is 16.1 Å². The highest BCUT2D eigenvalue weighted by Gasteiger charge is 2.40. The molecule has 2 rings (SSSR count). The molecule has 1 fully saturated rings. The molecule has 0 aromatic heterocycles. The number of benzene rings is 1. The average Bonchev–Trinajstić information content (AvgIpc) is 2.74. The maximum absolute atomic E-state index is 13.1. The Labute approximate surface area is 124 Å². The molecule has 1 aromatic carbocycles.